The minimum Gasteiger partial charge on any atom is -0.406 e. The van der Waals surface area contributed by atoms with Crippen LogP contribution in [0.3, 0.4) is 0 Å². The van der Waals surface area contributed by atoms with Crippen molar-refractivity contribution >= 4 is 0 Å². The van der Waals surface area contributed by atoms with Crippen LogP contribution in [-0.2, 0) is 0 Å². The maximum atomic E-state index is 12.2. The van der Waals surface area contributed by atoms with Crippen LogP contribution in [0.25, 0.3) is 0 Å². The summed E-state index contributed by atoms with van der Waals surface area (Å²) in [5.74, 6) is 5.13. The predicted molar refractivity (Wildman–Crippen MR) is 64.3 cm³/mol. The average molecular weight is 284 g/mol. The predicted octanol–water partition coefficient (Wildman–Crippen LogP) is 1.93. The molecular weight excluding hydrogens is 273 g/mol. The van der Waals surface area contributed by atoms with Crippen molar-refractivity contribution in [1.82, 2.24) is 15.4 Å². The first-order valence-electron chi connectivity index (χ1n) is 5.56. The Hall–Kier alpha value is -2.19. The van der Waals surface area contributed by atoms with Gasteiger partial charge in [-0.15, -0.1) is 13.2 Å². The van der Waals surface area contributed by atoms with Gasteiger partial charge in [0.05, 0.1) is 6.04 Å². The molecule has 106 valence electrons. The SMILES string of the molecule is NNC(c1cncnc1)c1cccc(OC(F)(F)F)c1. The van der Waals surface area contributed by atoms with Crippen molar-refractivity contribution in [2.24, 2.45) is 5.84 Å². The molecule has 0 bridgehead atoms. The summed E-state index contributed by atoms with van der Waals surface area (Å²) in [7, 11) is 0. The number of nitrogens with one attached hydrogen (secondary N) is 1. The average Bonchev–Trinajstić information content (AvgIpc) is 2.39. The van der Waals surface area contributed by atoms with Gasteiger partial charge in [0.15, 0.2) is 0 Å². The highest BCUT2D eigenvalue weighted by Crippen LogP contribution is 2.27. The molecule has 0 saturated heterocycles. The normalized spacial score (nSPS) is 13.0. The first kappa shape index (κ1) is 14.2. The summed E-state index contributed by atoms with van der Waals surface area (Å²) in [6, 6.07) is 5.01. The molecule has 0 saturated carbocycles. The number of aromatic nitrogens is 2. The minimum atomic E-state index is -4.74. The molecule has 2 rings (SSSR count). The number of hydrazine groups is 1. The summed E-state index contributed by atoms with van der Waals surface area (Å²) in [6.45, 7) is 0. The van der Waals surface area contributed by atoms with Crippen LogP contribution in [0.15, 0.2) is 43.0 Å². The highest BCUT2D eigenvalue weighted by molar-refractivity contribution is 5.35. The molecule has 0 radical (unpaired) electrons. The van der Waals surface area contributed by atoms with Crippen LogP contribution in [-0.4, -0.2) is 16.3 Å². The molecule has 1 atom stereocenters. The Bertz CT molecular complexity index is 562. The molecule has 1 unspecified atom stereocenters. The van der Waals surface area contributed by atoms with E-state index >= 15 is 0 Å². The van der Waals surface area contributed by atoms with E-state index in [2.05, 4.69) is 20.1 Å². The van der Waals surface area contributed by atoms with Crippen LogP contribution in [0.5, 0.6) is 5.75 Å². The van der Waals surface area contributed by atoms with Gasteiger partial charge in [-0.25, -0.2) is 15.4 Å². The fourth-order valence-electron chi connectivity index (χ4n) is 1.74. The second kappa shape index (κ2) is 5.85. The number of nitrogens with two attached hydrogens (primary N) is 1. The van der Waals surface area contributed by atoms with E-state index in [1.54, 1.807) is 6.07 Å². The van der Waals surface area contributed by atoms with E-state index < -0.39 is 12.4 Å². The molecule has 5 nitrogen and oxygen atoms in total. The molecule has 0 aliphatic carbocycles. The van der Waals surface area contributed by atoms with Crippen LogP contribution in [0.2, 0.25) is 0 Å². The summed E-state index contributed by atoms with van der Waals surface area (Å²) in [5, 5.41) is 0. The van der Waals surface area contributed by atoms with Gasteiger partial charge in [0.1, 0.15) is 12.1 Å². The number of hydrogen-bond acceptors (Lipinski definition) is 5. The van der Waals surface area contributed by atoms with Crippen molar-refractivity contribution in [3.63, 3.8) is 0 Å². The fraction of sp³-hybridized carbons (Fsp3) is 0.167. The van der Waals surface area contributed by atoms with E-state index in [1.807, 2.05) is 0 Å². The van der Waals surface area contributed by atoms with Crippen molar-refractivity contribution in [2.45, 2.75) is 12.4 Å². The lowest BCUT2D eigenvalue weighted by molar-refractivity contribution is -0.274. The molecule has 1 aromatic carbocycles. The first-order valence-corrected chi connectivity index (χ1v) is 5.56. The number of rotatable bonds is 4. The molecular formula is C12H11F3N4O. The lowest BCUT2D eigenvalue weighted by Gasteiger charge is -2.17. The third-order valence-electron chi connectivity index (χ3n) is 2.51. The summed E-state index contributed by atoms with van der Waals surface area (Å²) < 4.78 is 40.5. The fourth-order valence-corrected chi connectivity index (χ4v) is 1.74. The largest absolute Gasteiger partial charge is 0.573 e. The molecule has 1 heterocycles. The van der Waals surface area contributed by atoms with Crippen molar-refractivity contribution in [1.29, 1.82) is 0 Å². The molecule has 3 N–H and O–H groups in total. The molecule has 0 aliphatic heterocycles. The third kappa shape index (κ3) is 3.65. The van der Waals surface area contributed by atoms with Crippen molar-refractivity contribution in [3.05, 3.63) is 54.1 Å². The van der Waals surface area contributed by atoms with E-state index in [0.717, 1.165) is 0 Å². The second-order valence-corrected chi connectivity index (χ2v) is 3.89. The van der Waals surface area contributed by atoms with Gasteiger partial charge in [-0.05, 0) is 17.7 Å². The molecule has 2 aromatic rings. The van der Waals surface area contributed by atoms with Gasteiger partial charge >= 0.3 is 6.36 Å². The zero-order valence-electron chi connectivity index (χ0n) is 10.1. The number of ether oxygens (including phenoxy) is 1. The lowest BCUT2D eigenvalue weighted by Crippen LogP contribution is -2.29. The van der Waals surface area contributed by atoms with Gasteiger partial charge in [0, 0.05) is 18.0 Å². The minimum absolute atomic E-state index is 0.313. The number of halogens is 3. The third-order valence-corrected chi connectivity index (χ3v) is 2.51. The zero-order chi connectivity index (χ0) is 14.6. The maximum Gasteiger partial charge on any atom is 0.573 e. The Morgan fingerprint density at radius 1 is 1.15 bits per heavy atom. The molecule has 0 spiro atoms. The van der Waals surface area contributed by atoms with Gasteiger partial charge in [-0.1, -0.05) is 12.1 Å². The molecule has 8 heteroatoms. The van der Waals surface area contributed by atoms with Crippen molar-refractivity contribution < 1.29 is 17.9 Å². The standard InChI is InChI=1S/C12H11F3N4O/c13-12(14,15)20-10-3-1-2-8(4-10)11(19-16)9-5-17-7-18-6-9/h1-7,11,19H,16H2. The second-order valence-electron chi connectivity index (χ2n) is 3.89. The maximum absolute atomic E-state index is 12.2. The zero-order valence-corrected chi connectivity index (χ0v) is 10.1. The highest BCUT2D eigenvalue weighted by Gasteiger charge is 2.31. The van der Waals surface area contributed by atoms with E-state index in [9.17, 15) is 13.2 Å². The van der Waals surface area contributed by atoms with E-state index in [0.29, 0.717) is 11.1 Å². The van der Waals surface area contributed by atoms with Gasteiger partial charge in [0.2, 0.25) is 0 Å². The van der Waals surface area contributed by atoms with Crippen LogP contribution < -0.4 is 16.0 Å². The molecule has 1 aromatic heterocycles. The first-order chi connectivity index (χ1) is 9.49. The molecule has 0 fully saturated rings. The van der Waals surface area contributed by atoms with Gasteiger partial charge in [-0.2, -0.15) is 0 Å². The Labute approximate surface area is 112 Å². The number of nitrogens with zero attached hydrogens (tertiary/aromatic N) is 2. The molecule has 0 aliphatic rings. The van der Waals surface area contributed by atoms with Gasteiger partial charge in [-0.3, -0.25) is 5.84 Å². The Morgan fingerprint density at radius 3 is 2.45 bits per heavy atom. The topological polar surface area (TPSA) is 73.1 Å². The van der Waals surface area contributed by atoms with E-state index in [-0.39, 0.29) is 5.75 Å². The van der Waals surface area contributed by atoms with E-state index in [1.165, 1.54) is 36.9 Å². The van der Waals surface area contributed by atoms with Crippen LogP contribution in [0, 0.1) is 0 Å². The quantitative estimate of drug-likeness (QED) is 0.663. The lowest BCUT2D eigenvalue weighted by atomic mass is 10.0. The molecule has 20 heavy (non-hydrogen) atoms. The number of benzene rings is 1. The smallest absolute Gasteiger partial charge is 0.406 e. The summed E-state index contributed by atoms with van der Waals surface area (Å²) >= 11 is 0. The van der Waals surface area contributed by atoms with E-state index in [4.69, 9.17) is 5.84 Å². The number of hydrogen-bond donors (Lipinski definition) is 2. The van der Waals surface area contributed by atoms with Crippen LogP contribution in [0.4, 0.5) is 13.2 Å². The van der Waals surface area contributed by atoms with Crippen molar-refractivity contribution in [3.8, 4) is 5.75 Å². The highest BCUT2D eigenvalue weighted by atomic mass is 19.4. The van der Waals surface area contributed by atoms with Gasteiger partial charge < -0.3 is 4.74 Å². The number of alkyl halides is 3. The Balaban J connectivity index is 2.29. The molecule has 0 amide bonds. The summed E-state index contributed by atoms with van der Waals surface area (Å²) in [4.78, 5) is 7.69. The van der Waals surface area contributed by atoms with Crippen LogP contribution in [0.1, 0.15) is 17.2 Å². The monoisotopic (exact) mass is 284 g/mol. The summed E-state index contributed by atoms with van der Waals surface area (Å²) in [5.41, 5.74) is 3.64. The summed E-state index contributed by atoms with van der Waals surface area (Å²) in [6.07, 6.45) is -0.343. The Kier molecular flexibility index (Phi) is 4.16. The van der Waals surface area contributed by atoms with Gasteiger partial charge in [0.25, 0.3) is 0 Å². The Morgan fingerprint density at radius 2 is 1.85 bits per heavy atom. The van der Waals surface area contributed by atoms with Crippen LogP contribution >= 0.6 is 0 Å². The van der Waals surface area contributed by atoms with Crippen molar-refractivity contribution in [2.75, 3.05) is 0 Å².